The van der Waals surface area contributed by atoms with Gasteiger partial charge in [0.25, 0.3) is 0 Å². The molecule has 0 saturated carbocycles. The van der Waals surface area contributed by atoms with Gasteiger partial charge in [-0.3, -0.25) is 0 Å². The van der Waals surface area contributed by atoms with E-state index in [0.717, 1.165) is 0 Å². The quantitative estimate of drug-likeness (QED) is 0.705. The maximum Gasteiger partial charge on any atom is 0.155 e. The second-order valence-electron chi connectivity index (χ2n) is 1.73. The lowest BCUT2D eigenvalue weighted by Crippen LogP contribution is -1.90. The number of pyridine rings is 1. The summed E-state index contributed by atoms with van der Waals surface area (Å²) < 4.78 is 12.6. The Labute approximate surface area is 65.8 Å². The number of nitrogens with zero attached hydrogens (tertiary/aromatic N) is 1. The molecule has 0 aliphatic heterocycles. The van der Waals surface area contributed by atoms with Crippen LogP contribution in [0.15, 0.2) is 16.7 Å². The molecular formula is C6H5BrFNO. The van der Waals surface area contributed by atoms with Gasteiger partial charge in [-0.15, -0.1) is 0 Å². The highest BCUT2D eigenvalue weighted by molar-refractivity contribution is 9.10. The Morgan fingerprint density at radius 3 is 2.80 bits per heavy atom. The fraction of sp³-hybridized carbons (Fsp3) is 0.167. The molecule has 1 N–H and O–H groups in total. The zero-order chi connectivity index (χ0) is 7.56. The monoisotopic (exact) mass is 205 g/mol. The fourth-order valence-corrected chi connectivity index (χ4v) is 0.903. The molecule has 10 heavy (non-hydrogen) atoms. The summed E-state index contributed by atoms with van der Waals surface area (Å²) in [7, 11) is 0. The highest BCUT2D eigenvalue weighted by Crippen LogP contribution is 2.11. The Bertz CT molecular complexity index is 241. The predicted molar refractivity (Wildman–Crippen MR) is 37.8 cm³/mol. The molecule has 4 heteroatoms. The topological polar surface area (TPSA) is 33.1 Å². The lowest BCUT2D eigenvalue weighted by molar-refractivity contribution is 0.276. The maximum absolute atomic E-state index is 12.4. The standard InChI is InChI=1S/C6H5BrFNO/c7-6-5(8)2-1-4(3-10)9-6/h1-2,10H,3H2. The van der Waals surface area contributed by atoms with Crippen LogP contribution < -0.4 is 0 Å². The third kappa shape index (κ3) is 1.52. The van der Waals surface area contributed by atoms with Gasteiger partial charge in [0.1, 0.15) is 4.60 Å². The highest BCUT2D eigenvalue weighted by atomic mass is 79.9. The van der Waals surface area contributed by atoms with Crippen molar-refractivity contribution in [3.63, 3.8) is 0 Å². The Kier molecular flexibility index (Phi) is 2.34. The van der Waals surface area contributed by atoms with Gasteiger partial charge in [0.15, 0.2) is 5.82 Å². The van der Waals surface area contributed by atoms with Gasteiger partial charge in [-0.05, 0) is 28.1 Å². The second kappa shape index (κ2) is 3.07. The van der Waals surface area contributed by atoms with Crippen LogP contribution in [0.25, 0.3) is 0 Å². The molecule has 1 heterocycles. The van der Waals surface area contributed by atoms with Crippen molar-refractivity contribution in [2.45, 2.75) is 6.61 Å². The van der Waals surface area contributed by atoms with Gasteiger partial charge >= 0.3 is 0 Å². The minimum Gasteiger partial charge on any atom is -0.390 e. The van der Waals surface area contributed by atoms with E-state index in [4.69, 9.17) is 5.11 Å². The van der Waals surface area contributed by atoms with Crippen molar-refractivity contribution in [1.82, 2.24) is 4.98 Å². The third-order valence-electron chi connectivity index (χ3n) is 1.02. The average Bonchev–Trinajstić information content (AvgIpc) is 1.95. The molecule has 1 aromatic rings. The van der Waals surface area contributed by atoms with E-state index in [0.29, 0.717) is 5.69 Å². The number of hydrogen-bond donors (Lipinski definition) is 1. The van der Waals surface area contributed by atoms with Crippen LogP contribution in [-0.2, 0) is 6.61 Å². The summed E-state index contributed by atoms with van der Waals surface area (Å²) in [5, 5.41) is 8.55. The number of halogens is 2. The van der Waals surface area contributed by atoms with E-state index in [1.807, 2.05) is 0 Å². The highest BCUT2D eigenvalue weighted by Gasteiger charge is 1.99. The lowest BCUT2D eigenvalue weighted by Gasteiger charge is -1.95. The predicted octanol–water partition coefficient (Wildman–Crippen LogP) is 1.48. The van der Waals surface area contributed by atoms with E-state index in [1.165, 1.54) is 12.1 Å². The first-order chi connectivity index (χ1) is 4.74. The van der Waals surface area contributed by atoms with Gasteiger partial charge in [-0.2, -0.15) is 0 Å². The molecule has 0 spiro atoms. The number of aromatic nitrogens is 1. The molecule has 0 fully saturated rings. The van der Waals surface area contributed by atoms with Gasteiger partial charge < -0.3 is 5.11 Å². The minimum absolute atomic E-state index is 0.138. The Balaban J connectivity index is 3.04. The molecule has 0 unspecified atom stereocenters. The van der Waals surface area contributed by atoms with Gasteiger partial charge in [0.2, 0.25) is 0 Å². The van der Waals surface area contributed by atoms with Crippen molar-refractivity contribution in [2.75, 3.05) is 0 Å². The van der Waals surface area contributed by atoms with Crippen LogP contribution in [-0.4, -0.2) is 10.1 Å². The molecule has 0 atom stereocenters. The molecule has 2 nitrogen and oxygen atoms in total. The molecular weight excluding hydrogens is 201 g/mol. The van der Waals surface area contributed by atoms with Gasteiger partial charge in [-0.1, -0.05) is 0 Å². The van der Waals surface area contributed by atoms with Crippen LogP contribution in [0.1, 0.15) is 5.69 Å². The van der Waals surface area contributed by atoms with E-state index >= 15 is 0 Å². The van der Waals surface area contributed by atoms with Crippen molar-refractivity contribution in [3.05, 3.63) is 28.2 Å². The first kappa shape index (κ1) is 7.63. The van der Waals surface area contributed by atoms with E-state index in [-0.39, 0.29) is 11.2 Å². The van der Waals surface area contributed by atoms with Crippen LogP contribution in [0.3, 0.4) is 0 Å². The summed E-state index contributed by atoms with van der Waals surface area (Å²) >= 11 is 2.89. The normalized spacial score (nSPS) is 9.90. The molecule has 0 radical (unpaired) electrons. The van der Waals surface area contributed by atoms with Crippen LogP contribution in [0.4, 0.5) is 4.39 Å². The molecule has 1 aromatic heterocycles. The number of rotatable bonds is 1. The van der Waals surface area contributed by atoms with Gasteiger partial charge in [-0.25, -0.2) is 9.37 Å². The number of hydrogen-bond acceptors (Lipinski definition) is 2. The summed E-state index contributed by atoms with van der Waals surface area (Å²) in [6.07, 6.45) is 0. The van der Waals surface area contributed by atoms with Gasteiger partial charge in [0.05, 0.1) is 12.3 Å². The molecule has 0 aromatic carbocycles. The Morgan fingerprint density at radius 2 is 2.30 bits per heavy atom. The Hall–Kier alpha value is -0.480. The first-order valence-corrected chi connectivity index (χ1v) is 3.45. The van der Waals surface area contributed by atoms with Crippen molar-refractivity contribution in [2.24, 2.45) is 0 Å². The summed E-state index contributed by atoms with van der Waals surface area (Å²) in [6.45, 7) is -0.168. The van der Waals surface area contributed by atoms with Crippen molar-refractivity contribution in [3.8, 4) is 0 Å². The second-order valence-corrected chi connectivity index (χ2v) is 2.48. The molecule has 0 saturated heterocycles. The smallest absolute Gasteiger partial charge is 0.155 e. The molecule has 0 aliphatic rings. The summed E-state index contributed by atoms with van der Waals surface area (Å²) in [4.78, 5) is 3.68. The molecule has 1 rings (SSSR count). The summed E-state index contributed by atoms with van der Waals surface area (Å²) in [5.74, 6) is -0.419. The van der Waals surface area contributed by atoms with E-state index in [1.54, 1.807) is 0 Å². The van der Waals surface area contributed by atoms with Crippen LogP contribution in [0.5, 0.6) is 0 Å². The molecule has 0 amide bonds. The lowest BCUT2D eigenvalue weighted by atomic mass is 10.4. The largest absolute Gasteiger partial charge is 0.390 e. The number of aliphatic hydroxyl groups excluding tert-OH is 1. The van der Waals surface area contributed by atoms with Crippen LogP contribution >= 0.6 is 15.9 Å². The third-order valence-corrected chi connectivity index (χ3v) is 1.58. The zero-order valence-corrected chi connectivity index (χ0v) is 6.60. The van der Waals surface area contributed by atoms with E-state index in [2.05, 4.69) is 20.9 Å². The van der Waals surface area contributed by atoms with Crippen molar-refractivity contribution in [1.29, 1.82) is 0 Å². The number of aliphatic hydroxyl groups is 1. The first-order valence-electron chi connectivity index (χ1n) is 2.66. The summed E-state index contributed by atoms with van der Waals surface area (Å²) in [5.41, 5.74) is 0.452. The fourth-order valence-electron chi connectivity index (χ4n) is 0.543. The maximum atomic E-state index is 12.4. The SMILES string of the molecule is OCc1ccc(F)c(Br)n1. The van der Waals surface area contributed by atoms with Crippen LogP contribution in [0.2, 0.25) is 0 Å². The molecule has 0 aliphatic carbocycles. The van der Waals surface area contributed by atoms with Crippen molar-refractivity contribution >= 4 is 15.9 Å². The van der Waals surface area contributed by atoms with Crippen LogP contribution in [0, 0.1) is 5.82 Å². The Morgan fingerprint density at radius 1 is 1.60 bits per heavy atom. The van der Waals surface area contributed by atoms with E-state index < -0.39 is 5.82 Å². The minimum atomic E-state index is -0.419. The van der Waals surface area contributed by atoms with Gasteiger partial charge in [0, 0.05) is 0 Å². The van der Waals surface area contributed by atoms with E-state index in [9.17, 15) is 4.39 Å². The average molecular weight is 206 g/mol. The summed E-state index contributed by atoms with van der Waals surface area (Å²) in [6, 6.07) is 2.68. The molecule has 0 bridgehead atoms. The zero-order valence-electron chi connectivity index (χ0n) is 5.01. The molecule has 54 valence electrons. The van der Waals surface area contributed by atoms with Crippen molar-refractivity contribution < 1.29 is 9.50 Å².